The van der Waals surface area contributed by atoms with Gasteiger partial charge in [0.15, 0.2) is 5.82 Å². The average Bonchev–Trinajstić information content (AvgIpc) is 3.32. The smallest absolute Gasteiger partial charge is 0.264 e. The maximum atomic E-state index is 13.1. The first-order valence-corrected chi connectivity index (χ1v) is 12.8. The number of nitriles is 1. The fraction of sp³-hybridized carbons (Fsp3) is 0.267. The summed E-state index contributed by atoms with van der Waals surface area (Å²) in [4.78, 5) is 19.9. The van der Waals surface area contributed by atoms with E-state index in [-0.39, 0.29) is 23.3 Å². The number of nitrogen functional groups attached to an aromatic ring is 1. The number of pyridine rings is 1. The summed E-state index contributed by atoms with van der Waals surface area (Å²) in [6.07, 6.45) is 3.46. The Morgan fingerprint density at radius 3 is 2.63 bits per heavy atom. The van der Waals surface area contributed by atoms with Gasteiger partial charge in [0, 0.05) is 30.3 Å². The zero-order valence-corrected chi connectivity index (χ0v) is 21.5. The van der Waals surface area contributed by atoms with Crippen LogP contribution in [0.5, 0.6) is 11.5 Å². The molecule has 8 nitrogen and oxygen atoms in total. The number of nitrogens with one attached hydrogen (secondary N) is 1. The molecule has 3 heterocycles. The molecule has 1 atom stereocenters. The number of para-hydroxylation sites is 1. The van der Waals surface area contributed by atoms with Gasteiger partial charge in [-0.3, -0.25) is 14.9 Å². The molecule has 0 saturated carbocycles. The zero-order chi connectivity index (χ0) is 26.6. The van der Waals surface area contributed by atoms with E-state index in [1.165, 1.54) is 0 Å². The number of aromatic nitrogens is 3. The van der Waals surface area contributed by atoms with Gasteiger partial charge in [-0.1, -0.05) is 38.1 Å². The number of allylic oxidation sites excluding steroid dienone is 1. The summed E-state index contributed by atoms with van der Waals surface area (Å²) in [5.74, 6) is 1.80. The van der Waals surface area contributed by atoms with Gasteiger partial charge < -0.3 is 15.4 Å². The fourth-order valence-electron chi connectivity index (χ4n) is 4.88. The molecule has 3 N–H and O–H groups in total. The molecule has 192 valence electrons. The predicted molar refractivity (Wildman–Crippen MR) is 147 cm³/mol. The number of carbonyl (C=O) groups excluding carboxylic acids is 1. The standard InChI is InChI=1S/C30H30N6O2/c1-19(2)15-22(17-31)30(37)36-14-6-7-21(18-36)25-16-26-27(29(32)35-34-26)28(33-25)20-10-12-24(13-11-20)38-23-8-4-3-5-9-23/h3-5,8-13,15-16,19,21H,6-7,14,18H2,1-2H3,(H3,32,34,35). The van der Waals surface area contributed by atoms with E-state index in [0.717, 1.165) is 52.2 Å². The van der Waals surface area contributed by atoms with Crippen molar-refractivity contribution in [2.75, 3.05) is 18.8 Å². The highest BCUT2D eigenvalue weighted by atomic mass is 16.5. The Morgan fingerprint density at radius 1 is 1.18 bits per heavy atom. The van der Waals surface area contributed by atoms with Crippen LogP contribution in [-0.2, 0) is 4.79 Å². The van der Waals surface area contributed by atoms with E-state index in [4.69, 9.17) is 15.5 Å². The number of fused-ring (bicyclic) bond motifs is 1. The Hall–Kier alpha value is -4.64. The molecule has 38 heavy (non-hydrogen) atoms. The number of amides is 1. The van der Waals surface area contributed by atoms with Crippen LogP contribution in [0, 0.1) is 17.2 Å². The summed E-state index contributed by atoms with van der Waals surface area (Å²) < 4.78 is 5.94. The molecule has 0 aliphatic carbocycles. The minimum atomic E-state index is -0.216. The second-order valence-corrected chi connectivity index (χ2v) is 9.89. The fourth-order valence-corrected chi connectivity index (χ4v) is 4.88. The predicted octanol–water partition coefficient (Wildman–Crippen LogP) is 5.81. The molecule has 1 saturated heterocycles. The van der Waals surface area contributed by atoms with Gasteiger partial charge in [-0.2, -0.15) is 10.4 Å². The van der Waals surface area contributed by atoms with E-state index in [1.54, 1.807) is 11.0 Å². The number of H-pyrrole nitrogens is 1. The maximum Gasteiger partial charge on any atom is 0.264 e. The van der Waals surface area contributed by atoms with Crippen LogP contribution in [0.3, 0.4) is 0 Å². The summed E-state index contributed by atoms with van der Waals surface area (Å²) in [6.45, 7) is 5.05. The average molecular weight is 507 g/mol. The van der Waals surface area contributed by atoms with Gasteiger partial charge in [0.05, 0.1) is 16.6 Å². The number of rotatable bonds is 6. The summed E-state index contributed by atoms with van der Waals surface area (Å²) >= 11 is 0. The molecule has 1 unspecified atom stereocenters. The zero-order valence-electron chi connectivity index (χ0n) is 21.5. The van der Waals surface area contributed by atoms with Crippen molar-refractivity contribution in [2.24, 2.45) is 5.92 Å². The Kier molecular flexibility index (Phi) is 7.09. The van der Waals surface area contributed by atoms with Crippen molar-refractivity contribution in [1.29, 1.82) is 5.26 Å². The van der Waals surface area contributed by atoms with Crippen molar-refractivity contribution in [3.8, 4) is 28.8 Å². The van der Waals surface area contributed by atoms with Crippen LogP contribution in [0.25, 0.3) is 22.2 Å². The summed E-state index contributed by atoms with van der Waals surface area (Å²) in [6, 6.07) is 21.4. The van der Waals surface area contributed by atoms with Crippen LogP contribution in [-0.4, -0.2) is 39.1 Å². The number of ether oxygens (including phenoxy) is 1. The third-order valence-electron chi connectivity index (χ3n) is 6.68. The van der Waals surface area contributed by atoms with Crippen molar-refractivity contribution < 1.29 is 9.53 Å². The van der Waals surface area contributed by atoms with E-state index in [2.05, 4.69) is 16.3 Å². The first kappa shape index (κ1) is 25.0. The number of nitrogens with two attached hydrogens (primary N) is 1. The summed E-state index contributed by atoms with van der Waals surface area (Å²) in [5, 5.41) is 17.6. The van der Waals surface area contributed by atoms with Crippen LogP contribution in [0.1, 0.15) is 38.3 Å². The number of nitrogens with zero attached hydrogens (tertiary/aromatic N) is 4. The molecule has 0 spiro atoms. The number of carbonyl (C=O) groups is 1. The highest BCUT2D eigenvalue weighted by molar-refractivity contribution is 6.00. The third-order valence-corrected chi connectivity index (χ3v) is 6.68. The van der Waals surface area contributed by atoms with Gasteiger partial charge in [-0.25, -0.2) is 0 Å². The number of hydrogen-bond acceptors (Lipinski definition) is 6. The molecule has 1 aliphatic rings. The third kappa shape index (κ3) is 5.23. The molecule has 0 radical (unpaired) electrons. The van der Waals surface area contributed by atoms with Crippen LogP contribution in [0.2, 0.25) is 0 Å². The molecular weight excluding hydrogens is 476 g/mol. The molecule has 4 aromatic rings. The lowest BCUT2D eigenvalue weighted by Crippen LogP contribution is -2.40. The lowest BCUT2D eigenvalue weighted by Gasteiger charge is -2.32. The first-order valence-electron chi connectivity index (χ1n) is 12.8. The maximum absolute atomic E-state index is 13.1. The second kappa shape index (κ2) is 10.8. The molecule has 5 rings (SSSR count). The Bertz CT molecular complexity index is 1520. The van der Waals surface area contributed by atoms with Gasteiger partial charge in [-0.05, 0) is 61.2 Å². The number of piperidine rings is 1. The van der Waals surface area contributed by atoms with E-state index in [1.807, 2.05) is 74.5 Å². The minimum absolute atomic E-state index is 0.0278. The molecule has 0 bridgehead atoms. The number of aromatic amines is 1. The lowest BCUT2D eigenvalue weighted by atomic mass is 9.92. The van der Waals surface area contributed by atoms with E-state index in [9.17, 15) is 10.1 Å². The molecule has 2 aromatic carbocycles. The minimum Gasteiger partial charge on any atom is -0.457 e. The Morgan fingerprint density at radius 2 is 1.92 bits per heavy atom. The lowest BCUT2D eigenvalue weighted by molar-refractivity contribution is -0.127. The highest BCUT2D eigenvalue weighted by Crippen LogP contribution is 2.35. The van der Waals surface area contributed by atoms with Gasteiger partial charge in [0.25, 0.3) is 5.91 Å². The quantitative estimate of drug-likeness (QED) is 0.251. The molecular formula is C30H30N6O2. The van der Waals surface area contributed by atoms with Gasteiger partial charge in [0.1, 0.15) is 23.1 Å². The van der Waals surface area contributed by atoms with Gasteiger partial charge >= 0.3 is 0 Å². The Balaban J connectivity index is 1.45. The molecule has 8 heteroatoms. The first-order chi connectivity index (χ1) is 18.4. The van der Waals surface area contributed by atoms with Crippen LogP contribution < -0.4 is 10.5 Å². The monoisotopic (exact) mass is 506 g/mol. The number of benzene rings is 2. The molecule has 1 amide bonds. The normalized spacial score (nSPS) is 16.0. The number of hydrogen-bond donors (Lipinski definition) is 2. The van der Waals surface area contributed by atoms with Crippen LogP contribution in [0.15, 0.2) is 72.3 Å². The topological polar surface area (TPSA) is 121 Å². The van der Waals surface area contributed by atoms with Crippen molar-refractivity contribution in [2.45, 2.75) is 32.6 Å². The van der Waals surface area contributed by atoms with Gasteiger partial charge in [0.2, 0.25) is 0 Å². The molecule has 1 fully saturated rings. The number of anilines is 1. The summed E-state index contributed by atoms with van der Waals surface area (Å²) in [7, 11) is 0. The van der Waals surface area contributed by atoms with Crippen LogP contribution in [0.4, 0.5) is 5.82 Å². The molecule has 1 aliphatic heterocycles. The largest absolute Gasteiger partial charge is 0.457 e. The van der Waals surface area contributed by atoms with Crippen molar-refractivity contribution >= 4 is 22.6 Å². The van der Waals surface area contributed by atoms with Crippen LogP contribution >= 0.6 is 0 Å². The SMILES string of the molecule is CC(C)C=C(C#N)C(=O)N1CCCC(c2cc3[nH]nc(N)c3c(-c3ccc(Oc4ccccc4)cc3)n2)C1. The number of likely N-dealkylation sites (tertiary alicyclic amines) is 1. The van der Waals surface area contributed by atoms with Crippen molar-refractivity contribution in [3.63, 3.8) is 0 Å². The van der Waals surface area contributed by atoms with Crippen molar-refractivity contribution in [3.05, 3.63) is 78.0 Å². The highest BCUT2D eigenvalue weighted by Gasteiger charge is 2.28. The van der Waals surface area contributed by atoms with Crippen molar-refractivity contribution in [1.82, 2.24) is 20.1 Å². The van der Waals surface area contributed by atoms with Gasteiger partial charge in [-0.15, -0.1) is 0 Å². The Labute approximate surface area is 221 Å². The van der Waals surface area contributed by atoms with E-state index in [0.29, 0.717) is 18.9 Å². The summed E-state index contributed by atoms with van der Waals surface area (Å²) in [5.41, 5.74) is 9.71. The second-order valence-electron chi connectivity index (χ2n) is 9.89. The molecule has 2 aromatic heterocycles. The van der Waals surface area contributed by atoms with E-state index < -0.39 is 0 Å². The van der Waals surface area contributed by atoms with E-state index >= 15 is 0 Å².